The number of aliphatic carboxylic acids is 1. The number of likely N-dealkylation sites (tertiary alicyclic amines) is 1. The smallest absolute Gasteiger partial charge is 0.321 e. The Kier molecular flexibility index (Phi) is 4.90. The molecule has 1 heterocycles. The monoisotopic (exact) mass is 312 g/mol. The van der Waals surface area contributed by atoms with E-state index >= 15 is 0 Å². The average Bonchev–Trinajstić information content (AvgIpc) is 2.49. The van der Waals surface area contributed by atoms with Crippen molar-refractivity contribution in [3.05, 3.63) is 23.2 Å². The largest absolute Gasteiger partial charge is 0.497 e. The van der Waals surface area contributed by atoms with Crippen LogP contribution in [0.2, 0.25) is 5.02 Å². The van der Waals surface area contributed by atoms with Crippen LogP contribution in [-0.2, 0) is 4.79 Å². The summed E-state index contributed by atoms with van der Waals surface area (Å²) in [6.45, 7) is 0.750. The second-order valence-electron chi connectivity index (χ2n) is 4.90. The zero-order valence-electron chi connectivity index (χ0n) is 11.6. The maximum absolute atomic E-state index is 12.2. The number of halogens is 1. The SMILES string of the molecule is COc1ccc(Cl)c(NC(=O)N2CCC[C@H](C(=O)O)C2)c1. The Morgan fingerprint density at radius 2 is 2.24 bits per heavy atom. The summed E-state index contributed by atoms with van der Waals surface area (Å²) in [6, 6.07) is 4.60. The summed E-state index contributed by atoms with van der Waals surface area (Å²) in [4.78, 5) is 24.7. The number of methoxy groups -OCH3 is 1. The molecule has 1 aromatic carbocycles. The molecule has 1 aliphatic heterocycles. The van der Waals surface area contributed by atoms with Gasteiger partial charge >= 0.3 is 12.0 Å². The normalized spacial score (nSPS) is 18.2. The van der Waals surface area contributed by atoms with Crippen LogP contribution < -0.4 is 10.1 Å². The van der Waals surface area contributed by atoms with Gasteiger partial charge in [-0.25, -0.2) is 4.79 Å². The minimum Gasteiger partial charge on any atom is -0.497 e. The molecule has 2 amide bonds. The molecule has 0 unspecified atom stereocenters. The number of amides is 2. The first-order chi connectivity index (χ1) is 10.0. The third-order valence-electron chi connectivity index (χ3n) is 3.47. The molecule has 7 heteroatoms. The van der Waals surface area contributed by atoms with Crippen molar-refractivity contribution in [3.63, 3.8) is 0 Å². The van der Waals surface area contributed by atoms with Gasteiger partial charge in [0.2, 0.25) is 0 Å². The fourth-order valence-corrected chi connectivity index (χ4v) is 2.45. The van der Waals surface area contributed by atoms with Crippen molar-refractivity contribution in [2.75, 3.05) is 25.5 Å². The van der Waals surface area contributed by atoms with Crippen molar-refractivity contribution >= 4 is 29.3 Å². The van der Waals surface area contributed by atoms with Gasteiger partial charge in [-0.15, -0.1) is 0 Å². The van der Waals surface area contributed by atoms with Crippen molar-refractivity contribution in [1.82, 2.24) is 4.90 Å². The van der Waals surface area contributed by atoms with Crippen LogP contribution in [0, 0.1) is 5.92 Å². The molecule has 114 valence electrons. The number of carbonyl (C=O) groups excluding carboxylic acids is 1. The van der Waals surface area contributed by atoms with E-state index in [1.165, 1.54) is 12.0 Å². The Hall–Kier alpha value is -1.95. The highest BCUT2D eigenvalue weighted by Crippen LogP contribution is 2.27. The van der Waals surface area contributed by atoms with Gasteiger partial charge in [-0.05, 0) is 25.0 Å². The molecule has 1 saturated heterocycles. The van der Waals surface area contributed by atoms with Gasteiger partial charge in [0.1, 0.15) is 5.75 Å². The Balaban J connectivity index is 2.05. The van der Waals surface area contributed by atoms with E-state index in [1.807, 2.05) is 0 Å². The second-order valence-corrected chi connectivity index (χ2v) is 5.31. The van der Waals surface area contributed by atoms with E-state index in [1.54, 1.807) is 18.2 Å². The van der Waals surface area contributed by atoms with Crippen molar-refractivity contribution in [2.24, 2.45) is 5.92 Å². The highest BCUT2D eigenvalue weighted by atomic mass is 35.5. The predicted octanol–water partition coefficient (Wildman–Crippen LogP) is 2.68. The molecule has 1 aliphatic rings. The van der Waals surface area contributed by atoms with Gasteiger partial charge < -0.3 is 20.1 Å². The first kappa shape index (κ1) is 15.4. The van der Waals surface area contributed by atoms with Crippen LogP contribution >= 0.6 is 11.6 Å². The Bertz CT molecular complexity index is 550. The number of piperidine rings is 1. The number of nitrogens with zero attached hydrogens (tertiary/aromatic N) is 1. The van der Waals surface area contributed by atoms with Crippen molar-refractivity contribution in [2.45, 2.75) is 12.8 Å². The minimum absolute atomic E-state index is 0.211. The van der Waals surface area contributed by atoms with Crippen LogP contribution in [0.3, 0.4) is 0 Å². The lowest BCUT2D eigenvalue weighted by molar-refractivity contribution is -0.143. The maximum atomic E-state index is 12.2. The van der Waals surface area contributed by atoms with E-state index in [0.717, 1.165) is 0 Å². The molecule has 2 N–H and O–H groups in total. The average molecular weight is 313 g/mol. The Morgan fingerprint density at radius 1 is 1.48 bits per heavy atom. The lowest BCUT2D eigenvalue weighted by Gasteiger charge is -2.30. The molecule has 1 aromatic rings. The highest BCUT2D eigenvalue weighted by molar-refractivity contribution is 6.33. The van der Waals surface area contributed by atoms with Crippen LogP contribution in [-0.4, -0.2) is 42.2 Å². The van der Waals surface area contributed by atoms with E-state index in [-0.39, 0.29) is 12.6 Å². The second kappa shape index (κ2) is 6.67. The number of rotatable bonds is 3. The first-order valence-electron chi connectivity index (χ1n) is 6.63. The molecule has 1 fully saturated rings. The minimum atomic E-state index is -0.869. The summed E-state index contributed by atoms with van der Waals surface area (Å²) >= 11 is 6.03. The van der Waals surface area contributed by atoms with Crippen LogP contribution in [0.4, 0.5) is 10.5 Å². The Labute approximate surface area is 127 Å². The molecule has 0 radical (unpaired) electrons. The third kappa shape index (κ3) is 3.78. The molecule has 1 atom stereocenters. The molecular weight excluding hydrogens is 296 g/mol. The summed E-state index contributed by atoms with van der Waals surface area (Å²) in [6.07, 6.45) is 1.27. The molecule has 0 spiro atoms. The molecule has 6 nitrogen and oxygen atoms in total. The van der Waals surface area contributed by atoms with Gasteiger partial charge in [-0.1, -0.05) is 11.6 Å². The van der Waals surface area contributed by atoms with Crippen molar-refractivity contribution in [3.8, 4) is 5.75 Å². The Morgan fingerprint density at radius 3 is 2.90 bits per heavy atom. The van der Waals surface area contributed by atoms with E-state index in [4.69, 9.17) is 21.4 Å². The number of carboxylic acids is 1. The number of ether oxygens (including phenoxy) is 1. The van der Waals surface area contributed by atoms with E-state index in [9.17, 15) is 9.59 Å². The van der Waals surface area contributed by atoms with Crippen LogP contribution in [0.5, 0.6) is 5.75 Å². The topological polar surface area (TPSA) is 78.9 Å². The van der Waals surface area contributed by atoms with E-state index < -0.39 is 11.9 Å². The van der Waals surface area contributed by atoms with Crippen molar-refractivity contribution in [1.29, 1.82) is 0 Å². The standard InChI is InChI=1S/C14H17ClN2O4/c1-21-10-4-5-11(15)12(7-10)16-14(20)17-6-2-3-9(8-17)13(18)19/h4-5,7,9H,2-3,6,8H2,1H3,(H,16,20)(H,18,19)/t9-/m0/s1. The summed E-state index contributed by atoms with van der Waals surface area (Å²) < 4.78 is 5.08. The molecule has 0 aliphatic carbocycles. The van der Waals surface area contributed by atoms with Gasteiger partial charge in [0.05, 0.1) is 23.7 Å². The number of nitrogens with one attached hydrogen (secondary N) is 1. The molecule has 0 bridgehead atoms. The van der Waals surface area contributed by atoms with Crippen LogP contribution in [0.15, 0.2) is 18.2 Å². The first-order valence-corrected chi connectivity index (χ1v) is 7.01. The van der Waals surface area contributed by atoms with Crippen LogP contribution in [0.25, 0.3) is 0 Å². The molecule has 2 rings (SSSR count). The summed E-state index contributed by atoms with van der Waals surface area (Å²) in [5.41, 5.74) is 0.443. The zero-order chi connectivity index (χ0) is 15.4. The number of urea groups is 1. The number of benzene rings is 1. The van der Waals surface area contributed by atoms with Gasteiger partial charge in [0.25, 0.3) is 0 Å². The summed E-state index contributed by atoms with van der Waals surface area (Å²) in [7, 11) is 1.52. The van der Waals surface area contributed by atoms with E-state index in [0.29, 0.717) is 35.8 Å². The van der Waals surface area contributed by atoms with Gasteiger partial charge in [-0.3, -0.25) is 4.79 Å². The fourth-order valence-electron chi connectivity index (χ4n) is 2.28. The maximum Gasteiger partial charge on any atom is 0.321 e. The quantitative estimate of drug-likeness (QED) is 0.899. The number of carboxylic acid groups (broad SMARTS) is 1. The van der Waals surface area contributed by atoms with Crippen LogP contribution in [0.1, 0.15) is 12.8 Å². The fraction of sp³-hybridized carbons (Fsp3) is 0.429. The number of carbonyl (C=O) groups is 2. The predicted molar refractivity (Wildman–Crippen MR) is 79.0 cm³/mol. The van der Waals surface area contributed by atoms with Gasteiger partial charge in [0.15, 0.2) is 0 Å². The summed E-state index contributed by atoms with van der Waals surface area (Å²) in [5.74, 6) is -0.797. The third-order valence-corrected chi connectivity index (χ3v) is 3.80. The number of hydrogen-bond acceptors (Lipinski definition) is 3. The molecule has 0 aromatic heterocycles. The lowest BCUT2D eigenvalue weighted by Crippen LogP contribution is -2.44. The molecule has 21 heavy (non-hydrogen) atoms. The number of anilines is 1. The number of hydrogen-bond donors (Lipinski definition) is 2. The highest BCUT2D eigenvalue weighted by Gasteiger charge is 2.28. The summed E-state index contributed by atoms with van der Waals surface area (Å²) in [5, 5.41) is 12.1. The van der Waals surface area contributed by atoms with Crippen molar-refractivity contribution < 1.29 is 19.4 Å². The molecule has 0 saturated carbocycles. The van der Waals surface area contributed by atoms with Gasteiger partial charge in [-0.2, -0.15) is 0 Å². The lowest BCUT2D eigenvalue weighted by atomic mass is 9.99. The zero-order valence-corrected chi connectivity index (χ0v) is 12.4. The van der Waals surface area contributed by atoms with E-state index in [2.05, 4.69) is 5.32 Å². The molecular formula is C14H17ClN2O4. The van der Waals surface area contributed by atoms with Gasteiger partial charge in [0, 0.05) is 19.2 Å².